The molecule has 0 aromatic heterocycles. The third kappa shape index (κ3) is 3.84. The van der Waals surface area contributed by atoms with Crippen LogP contribution in [0, 0.1) is 5.92 Å². The van der Waals surface area contributed by atoms with Crippen LogP contribution in [-0.4, -0.2) is 85.7 Å². The van der Waals surface area contributed by atoms with Crippen LogP contribution in [0.4, 0.5) is 0 Å². The van der Waals surface area contributed by atoms with Crippen molar-refractivity contribution in [2.75, 3.05) is 58.9 Å². The van der Waals surface area contributed by atoms with Gasteiger partial charge in [-0.1, -0.05) is 13.8 Å². The summed E-state index contributed by atoms with van der Waals surface area (Å²) in [5.74, 6) is 0.860. The van der Waals surface area contributed by atoms with Gasteiger partial charge in [0.05, 0.1) is 0 Å². The molecule has 0 aromatic rings. The first-order valence-electron chi connectivity index (χ1n) is 9.73. The van der Waals surface area contributed by atoms with E-state index in [2.05, 4.69) is 33.9 Å². The van der Waals surface area contributed by atoms with E-state index in [1.807, 2.05) is 0 Å². The summed E-state index contributed by atoms with van der Waals surface area (Å²) in [5, 5.41) is 3.62. The van der Waals surface area contributed by atoms with Gasteiger partial charge in [-0.3, -0.25) is 9.80 Å². The molecule has 4 heteroatoms. The van der Waals surface area contributed by atoms with E-state index in [4.69, 9.17) is 0 Å². The normalized spacial score (nSPS) is 34.8. The quantitative estimate of drug-likeness (QED) is 0.802. The first-order valence-corrected chi connectivity index (χ1v) is 9.73. The molecular formula is C18H36N4. The number of nitrogens with zero attached hydrogens (tertiary/aromatic N) is 3. The van der Waals surface area contributed by atoms with Gasteiger partial charge in [-0.15, -0.1) is 0 Å². The molecule has 0 bridgehead atoms. The van der Waals surface area contributed by atoms with Gasteiger partial charge in [0, 0.05) is 31.7 Å². The number of likely N-dealkylation sites (N-methyl/N-ethyl adjacent to an activating group) is 1. The van der Waals surface area contributed by atoms with Crippen molar-refractivity contribution in [3.8, 4) is 0 Å². The summed E-state index contributed by atoms with van der Waals surface area (Å²) in [5.41, 5.74) is 0. The molecule has 128 valence electrons. The van der Waals surface area contributed by atoms with Gasteiger partial charge in [0.25, 0.3) is 0 Å². The Morgan fingerprint density at radius 1 is 1.05 bits per heavy atom. The van der Waals surface area contributed by atoms with Gasteiger partial charge < -0.3 is 10.2 Å². The SMILES string of the molecule is CCN(CC)C1CNCCC1CN1CCC(N2CCCC2)C1. The number of nitrogens with one attached hydrogen (secondary N) is 1. The lowest BCUT2D eigenvalue weighted by atomic mass is 9.90. The maximum atomic E-state index is 3.62. The van der Waals surface area contributed by atoms with E-state index in [0.29, 0.717) is 0 Å². The summed E-state index contributed by atoms with van der Waals surface area (Å²) < 4.78 is 0. The van der Waals surface area contributed by atoms with Crippen LogP contribution < -0.4 is 5.32 Å². The predicted molar refractivity (Wildman–Crippen MR) is 93.3 cm³/mol. The van der Waals surface area contributed by atoms with Crippen LogP contribution in [0.5, 0.6) is 0 Å². The maximum absolute atomic E-state index is 3.62. The molecule has 4 nitrogen and oxygen atoms in total. The Bertz CT molecular complexity index is 325. The Balaban J connectivity index is 1.52. The number of hydrogen-bond donors (Lipinski definition) is 1. The zero-order chi connectivity index (χ0) is 15.4. The number of piperidine rings is 1. The Labute approximate surface area is 137 Å². The van der Waals surface area contributed by atoms with Gasteiger partial charge in [-0.05, 0) is 70.9 Å². The van der Waals surface area contributed by atoms with Crippen LogP contribution in [0.2, 0.25) is 0 Å². The van der Waals surface area contributed by atoms with Gasteiger partial charge in [0.1, 0.15) is 0 Å². The molecular weight excluding hydrogens is 272 g/mol. The van der Waals surface area contributed by atoms with Gasteiger partial charge in [0.15, 0.2) is 0 Å². The van der Waals surface area contributed by atoms with Gasteiger partial charge in [-0.25, -0.2) is 0 Å². The molecule has 0 amide bonds. The second-order valence-corrected chi connectivity index (χ2v) is 7.49. The van der Waals surface area contributed by atoms with Crippen LogP contribution in [0.15, 0.2) is 0 Å². The smallest absolute Gasteiger partial charge is 0.0261 e. The second-order valence-electron chi connectivity index (χ2n) is 7.49. The molecule has 3 heterocycles. The molecule has 0 aliphatic carbocycles. The standard InChI is InChI=1S/C18H36N4/c1-3-21(4-2)18-13-19-9-7-16(18)14-20-12-8-17(15-20)22-10-5-6-11-22/h16-19H,3-15H2,1-2H3. The zero-order valence-electron chi connectivity index (χ0n) is 14.8. The van der Waals surface area contributed by atoms with E-state index in [9.17, 15) is 0 Å². The highest BCUT2D eigenvalue weighted by Crippen LogP contribution is 2.24. The first kappa shape index (κ1) is 16.7. The summed E-state index contributed by atoms with van der Waals surface area (Å²) in [6.07, 6.45) is 5.61. The lowest BCUT2D eigenvalue weighted by Crippen LogP contribution is -2.54. The zero-order valence-corrected chi connectivity index (χ0v) is 14.8. The molecule has 22 heavy (non-hydrogen) atoms. The highest BCUT2D eigenvalue weighted by Gasteiger charge is 2.34. The third-order valence-electron chi connectivity index (χ3n) is 6.27. The van der Waals surface area contributed by atoms with E-state index in [-0.39, 0.29) is 0 Å². The average Bonchev–Trinajstić information content (AvgIpc) is 3.21. The lowest BCUT2D eigenvalue weighted by Gasteiger charge is -2.41. The van der Waals surface area contributed by atoms with Crippen molar-refractivity contribution in [2.24, 2.45) is 5.92 Å². The Morgan fingerprint density at radius 2 is 1.82 bits per heavy atom. The van der Waals surface area contributed by atoms with Crippen molar-refractivity contribution in [1.29, 1.82) is 0 Å². The predicted octanol–water partition coefficient (Wildman–Crippen LogP) is 1.48. The van der Waals surface area contributed by atoms with E-state index < -0.39 is 0 Å². The van der Waals surface area contributed by atoms with E-state index in [1.54, 1.807) is 0 Å². The largest absolute Gasteiger partial charge is 0.315 e. The van der Waals surface area contributed by atoms with Crippen molar-refractivity contribution in [3.05, 3.63) is 0 Å². The molecule has 3 aliphatic rings. The van der Waals surface area contributed by atoms with Crippen LogP contribution in [0.3, 0.4) is 0 Å². The van der Waals surface area contributed by atoms with Crippen molar-refractivity contribution in [3.63, 3.8) is 0 Å². The molecule has 1 N–H and O–H groups in total. The molecule has 0 radical (unpaired) electrons. The van der Waals surface area contributed by atoms with Crippen LogP contribution in [-0.2, 0) is 0 Å². The maximum Gasteiger partial charge on any atom is 0.0261 e. The fraction of sp³-hybridized carbons (Fsp3) is 1.00. The van der Waals surface area contributed by atoms with Crippen molar-refractivity contribution in [2.45, 2.75) is 51.6 Å². The van der Waals surface area contributed by atoms with Crippen LogP contribution in [0.25, 0.3) is 0 Å². The lowest BCUT2D eigenvalue weighted by molar-refractivity contribution is 0.0976. The van der Waals surface area contributed by atoms with Crippen molar-refractivity contribution in [1.82, 2.24) is 20.0 Å². The first-order chi connectivity index (χ1) is 10.8. The topological polar surface area (TPSA) is 21.8 Å². The molecule has 0 saturated carbocycles. The van der Waals surface area contributed by atoms with Crippen LogP contribution in [0.1, 0.15) is 39.5 Å². The average molecular weight is 309 g/mol. The molecule has 0 spiro atoms. The van der Waals surface area contributed by atoms with Crippen molar-refractivity contribution >= 4 is 0 Å². The molecule has 3 rings (SSSR count). The minimum Gasteiger partial charge on any atom is -0.315 e. The van der Waals surface area contributed by atoms with Gasteiger partial charge in [-0.2, -0.15) is 0 Å². The Hall–Kier alpha value is -0.160. The summed E-state index contributed by atoms with van der Waals surface area (Å²) in [7, 11) is 0. The summed E-state index contributed by atoms with van der Waals surface area (Å²) in [6, 6.07) is 1.60. The monoisotopic (exact) mass is 308 g/mol. The molecule has 3 unspecified atom stereocenters. The van der Waals surface area contributed by atoms with Crippen molar-refractivity contribution < 1.29 is 0 Å². The highest BCUT2D eigenvalue weighted by molar-refractivity contribution is 4.91. The second kappa shape index (κ2) is 8.09. The van der Waals surface area contributed by atoms with E-state index in [1.165, 1.54) is 84.6 Å². The van der Waals surface area contributed by atoms with Crippen LogP contribution >= 0.6 is 0 Å². The molecule has 0 aromatic carbocycles. The molecule has 3 atom stereocenters. The Morgan fingerprint density at radius 3 is 2.55 bits per heavy atom. The van der Waals surface area contributed by atoms with E-state index >= 15 is 0 Å². The number of hydrogen-bond acceptors (Lipinski definition) is 4. The summed E-state index contributed by atoms with van der Waals surface area (Å²) in [6.45, 7) is 16.1. The number of likely N-dealkylation sites (tertiary alicyclic amines) is 2. The summed E-state index contributed by atoms with van der Waals surface area (Å²) in [4.78, 5) is 8.20. The molecule has 3 saturated heterocycles. The highest BCUT2D eigenvalue weighted by atomic mass is 15.3. The van der Waals surface area contributed by atoms with Gasteiger partial charge >= 0.3 is 0 Å². The van der Waals surface area contributed by atoms with E-state index in [0.717, 1.165) is 18.0 Å². The fourth-order valence-electron chi connectivity index (χ4n) is 4.94. The third-order valence-corrected chi connectivity index (χ3v) is 6.27. The fourth-order valence-corrected chi connectivity index (χ4v) is 4.94. The minimum absolute atomic E-state index is 0.745. The number of rotatable bonds is 6. The summed E-state index contributed by atoms with van der Waals surface area (Å²) >= 11 is 0. The minimum atomic E-state index is 0.745. The molecule has 3 aliphatic heterocycles. The molecule has 3 fully saturated rings. The Kier molecular flexibility index (Phi) is 6.14. The van der Waals surface area contributed by atoms with Gasteiger partial charge in [0.2, 0.25) is 0 Å².